The number of para-hydroxylation sites is 1. The Morgan fingerprint density at radius 3 is 2.14 bits per heavy atom. The highest BCUT2D eigenvalue weighted by atomic mass is 32.2. The maximum atomic E-state index is 12.1. The van der Waals surface area contributed by atoms with Crippen LogP contribution in [0.4, 0.5) is 17.1 Å². The molecule has 8 heteroatoms. The first kappa shape index (κ1) is 14.8. The Morgan fingerprint density at radius 2 is 1.57 bits per heavy atom. The van der Waals surface area contributed by atoms with Crippen molar-refractivity contribution in [3.05, 3.63) is 48.0 Å². The van der Waals surface area contributed by atoms with Gasteiger partial charge in [-0.3, -0.25) is 4.79 Å². The molecule has 0 aliphatic heterocycles. The topological polar surface area (TPSA) is 141 Å². The Labute approximate surface area is 121 Å². The molecule has 0 saturated carbocycles. The summed E-state index contributed by atoms with van der Waals surface area (Å²) in [5.74, 6) is -0.537. The lowest BCUT2D eigenvalue weighted by molar-refractivity contribution is 0.102. The average Bonchev–Trinajstić information content (AvgIpc) is 2.37. The SMILES string of the molecule is Nc1cc(N)cc(C(=O)Nc2ccccc2S(N)(=O)=O)c1. The molecule has 0 spiro atoms. The Morgan fingerprint density at radius 1 is 1.00 bits per heavy atom. The van der Waals surface area contributed by atoms with E-state index < -0.39 is 15.9 Å². The zero-order chi connectivity index (χ0) is 15.6. The van der Waals surface area contributed by atoms with Gasteiger partial charge >= 0.3 is 0 Å². The summed E-state index contributed by atoms with van der Waals surface area (Å²) >= 11 is 0. The molecule has 0 bridgehead atoms. The van der Waals surface area contributed by atoms with E-state index in [0.717, 1.165) is 0 Å². The van der Waals surface area contributed by atoms with E-state index in [-0.39, 0.29) is 16.1 Å². The van der Waals surface area contributed by atoms with Gasteiger partial charge in [-0.05, 0) is 30.3 Å². The number of anilines is 3. The summed E-state index contributed by atoms with van der Waals surface area (Å²) < 4.78 is 22.9. The maximum absolute atomic E-state index is 12.1. The lowest BCUT2D eigenvalue weighted by atomic mass is 10.1. The molecule has 0 unspecified atom stereocenters. The van der Waals surface area contributed by atoms with Gasteiger partial charge in [0.25, 0.3) is 5.91 Å². The second-order valence-corrected chi connectivity index (χ2v) is 5.91. The molecule has 2 aromatic rings. The van der Waals surface area contributed by atoms with E-state index >= 15 is 0 Å². The summed E-state index contributed by atoms with van der Waals surface area (Å²) in [5.41, 5.74) is 12.2. The van der Waals surface area contributed by atoms with E-state index in [0.29, 0.717) is 11.4 Å². The van der Waals surface area contributed by atoms with Crippen LogP contribution in [0.3, 0.4) is 0 Å². The van der Waals surface area contributed by atoms with Crippen molar-refractivity contribution < 1.29 is 13.2 Å². The minimum absolute atomic E-state index is 0.0889. The molecule has 0 aliphatic rings. The van der Waals surface area contributed by atoms with Gasteiger partial charge in [0.15, 0.2) is 0 Å². The molecule has 0 aromatic heterocycles. The molecular weight excluding hydrogens is 292 g/mol. The number of rotatable bonds is 3. The highest BCUT2D eigenvalue weighted by Crippen LogP contribution is 2.21. The van der Waals surface area contributed by atoms with E-state index in [9.17, 15) is 13.2 Å². The van der Waals surface area contributed by atoms with E-state index in [1.54, 1.807) is 6.07 Å². The molecule has 21 heavy (non-hydrogen) atoms. The normalized spacial score (nSPS) is 11.1. The minimum atomic E-state index is -3.94. The number of hydrogen-bond acceptors (Lipinski definition) is 5. The molecule has 0 radical (unpaired) electrons. The fourth-order valence-electron chi connectivity index (χ4n) is 1.82. The standard InChI is InChI=1S/C13H14N4O3S/c14-9-5-8(6-10(15)7-9)13(18)17-11-3-1-2-4-12(11)21(16,19)20/h1-7H,14-15H2,(H,17,18)(H2,16,19,20). The third-order valence-electron chi connectivity index (χ3n) is 2.68. The Kier molecular flexibility index (Phi) is 3.83. The van der Waals surface area contributed by atoms with Gasteiger partial charge in [-0.2, -0.15) is 0 Å². The number of sulfonamides is 1. The van der Waals surface area contributed by atoms with Crippen LogP contribution < -0.4 is 21.9 Å². The predicted octanol–water partition coefficient (Wildman–Crippen LogP) is 0.751. The van der Waals surface area contributed by atoms with E-state index in [4.69, 9.17) is 16.6 Å². The fourth-order valence-corrected chi connectivity index (χ4v) is 2.51. The van der Waals surface area contributed by atoms with Crippen LogP contribution in [0, 0.1) is 0 Å². The monoisotopic (exact) mass is 306 g/mol. The van der Waals surface area contributed by atoms with Crippen LogP contribution in [-0.2, 0) is 10.0 Å². The summed E-state index contributed by atoms with van der Waals surface area (Å²) in [6.07, 6.45) is 0. The van der Waals surface area contributed by atoms with Crippen LogP contribution in [-0.4, -0.2) is 14.3 Å². The van der Waals surface area contributed by atoms with E-state index in [1.807, 2.05) is 0 Å². The van der Waals surface area contributed by atoms with Gasteiger partial charge in [0.2, 0.25) is 10.0 Å². The smallest absolute Gasteiger partial charge is 0.255 e. The first-order valence-electron chi connectivity index (χ1n) is 5.86. The number of nitrogen functional groups attached to an aromatic ring is 2. The summed E-state index contributed by atoms with van der Waals surface area (Å²) in [6, 6.07) is 10.2. The van der Waals surface area contributed by atoms with Crippen molar-refractivity contribution >= 4 is 33.0 Å². The second-order valence-electron chi connectivity index (χ2n) is 4.38. The molecule has 1 amide bonds. The lowest BCUT2D eigenvalue weighted by Crippen LogP contribution is -2.18. The minimum Gasteiger partial charge on any atom is -0.399 e. The summed E-state index contributed by atoms with van der Waals surface area (Å²) in [5, 5.41) is 7.58. The van der Waals surface area contributed by atoms with Crippen molar-refractivity contribution in [1.82, 2.24) is 0 Å². The Bertz CT molecular complexity index is 783. The first-order chi connectivity index (χ1) is 9.77. The highest BCUT2D eigenvalue weighted by Gasteiger charge is 2.16. The van der Waals surface area contributed by atoms with E-state index in [1.165, 1.54) is 36.4 Å². The largest absolute Gasteiger partial charge is 0.399 e. The molecule has 2 rings (SSSR count). The number of carbonyl (C=O) groups excluding carboxylic acids is 1. The van der Waals surface area contributed by atoms with Gasteiger partial charge < -0.3 is 16.8 Å². The third-order valence-corrected chi connectivity index (χ3v) is 3.65. The van der Waals surface area contributed by atoms with Crippen LogP contribution in [0.25, 0.3) is 0 Å². The van der Waals surface area contributed by atoms with Crippen LogP contribution in [0.1, 0.15) is 10.4 Å². The molecule has 0 aliphatic carbocycles. The summed E-state index contributed by atoms with van der Waals surface area (Å²) in [7, 11) is -3.94. The van der Waals surface area contributed by atoms with Crippen molar-refractivity contribution in [2.45, 2.75) is 4.90 Å². The number of amides is 1. The van der Waals surface area contributed by atoms with E-state index in [2.05, 4.69) is 5.32 Å². The van der Waals surface area contributed by atoms with Gasteiger partial charge in [-0.25, -0.2) is 13.6 Å². The molecule has 0 fully saturated rings. The molecule has 0 saturated heterocycles. The first-order valence-corrected chi connectivity index (χ1v) is 7.41. The van der Waals surface area contributed by atoms with Crippen molar-refractivity contribution in [2.75, 3.05) is 16.8 Å². The average molecular weight is 306 g/mol. The Balaban J connectivity index is 2.37. The van der Waals surface area contributed by atoms with Gasteiger partial charge in [0, 0.05) is 16.9 Å². The molecule has 0 heterocycles. The number of nitrogens with two attached hydrogens (primary N) is 3. The molecule has 2 aromatic carbocycles. The number of primary sulfonamides is 1. The fraction of sp³-hybridized carbons (Fsp3) is 0. The van der Waals surface area contributed by atoms with Gasteiger partial charge in [0.1, 0.15) is 4.90 Å². The second kappa shape index (κ2) is 5.43. The molecule has 0 atom stereocenters. The number of nitrogens with one attached hydrogen (secondary N) is 1. The predicted molar refractivity (Wildman–Crippen MR) is 81.0 cm³/mol. The van der Waals surface area contributed by atoms with Gasteiger partial charge in [-0.15, -0.1) is 0 Å². The summed E-state index contributed by atoms with van der Waals surface area (Å²) in [6.45, 7) is 0. The quantitative estimate of drug-likeness (QED) is 0.619. The molecule has 110 valence electrons. The number of hydrogen-bond donors (Lipinski definition) is 4. The maximum Gasteiger partial charge on any atom is 0.255 e. The van der Waals surface area contributed by atoms with Gasteiger partial charge in [0.05, 0.1) is 5.69 Å². The van der Waals surface area contributed by atoms with Crippen molar-refractivity contribution in [1.29, 1.82) is 0 Å². The van der Waals surface area contributed by atoms with Crippen molar-refractivity contribution in [2.24, 2.45) is 5.14 Å². The van der Waals surface area contributed by atoms with Crippen molar-refractivity contribution in [3.63, 3.8) is 0 Å². The highest BCUT2D eigenvalue weighted by molar-refractivity contribution is 7.89. The van der Waals surface area contributed by atoms with Crippen LogP contribution in [0.15, 0.2) is 47.4 Å². The van der Waals surface area contributed by atoms with Crippen LogP contribution in [0.2, 0.25) is 0 Å². The molecule has 7 nitrogen and oxygen atoms in total. The zero-order valence-electron chi connectivity index (χ0n) is 10.9. The summed E-state index contributed by atoms with van der Waals surface area (Å²) in [4.78, 5) is 12.0. The molecular formula is C13H14N4O3S. The Hall–Kier alpha value is -2.58. The third kappa shape index (κ3) is 3.50. The van der Waals surface area contributed by atoms with Crippen LogP contribution >= 0.6 is 0 Å². The number of benzene rings is 2. The lowest BCUT2D eigenvalue weighted by Gasteiger charge is -2.10. The zero-order valence-corrected chi connectivity index (χ0v) is 11.7. The molecule has 7 N–H and O–H groups in total. The number of carbonyl (C=O) groups is 1. The van der Waals surface area contributed by atoms with Crippen LogP contribution in [0.5, 0.6) is 0 Å². The van der Waals surface area contributed by atoms with Gasteiger partial charge in [-0.1, -0.05) is 12.1 Å². The van der Waals surface area contributed by atoms with Crippen molar-refractivity contribution in [3.8, 4) is 0 Å².